The van der Waals surface area contributed by atoms with Crippen molar-refractivity contribution < 1.29 is 24.0 Å². The highest BCUT2D eigenvalue weighted by atomic mass is 16.5. The average Bonchev–Trinajstić information content (AvgIpc) is 3.65. The Morgan fingerprint density at radius 2 is 1.57 bits per heavy atom. The molecular formula is C30H28N2O5. The van der Waals surface area contributed by atoms with Crippen LogP contribution < -0.4 is 5.32 Å². The van der Waals surface area contributed by atoms with E-state index in [0.717, 1.165) is 27.8 Å². The zero-order valence-electron chi connectivity index (χ0n) is 20.6. The zero-order chi connectivity index (χ0) is 25.8. The summed E-state index contributed by atoms with van der Waals surface area (Å²) in [5, 5.41) is 16.5. The van der Waals surface area contributed by atoms with Crippen LogP contribution in [0.25, 0.3) is 22.5 Å². The minimum atomic E-state index is -0.757. The van der Waals surface area contributed by atoms with E-state index < -0.39 is 17.5 Å². The van der Waals surface area contributed by atoms with Crippen LogP contribution in [-0.2, 0) is 27.8 Å². The highest BCUT2D eigenvalue weighted by molar-refractivity contribution is 5.91. The third-order valence-corrected chi connectivity index (χ3v) is 6.87. The lowest BCUT2D eigenvalue weighted by Gasteiger charge is -2.11. The Morgan fingerprint density at radius 1 is 0.946 bits per heavy atom. The molecule has 5 rings (SSSR count). The number of hydrogen-bond acceptors (Lipinski definition) is 5. The first kappa shape index (κ1) is 24.3. The van der Waals surface area contributed by atoms with Crippen molar-refractivity contribution in [2.24, 2.45) is 0 Å². The van der Waals surface area contributed by atoms with Crippen molar-refractivity contribution in [2.75, 3.05) is 11.9 Å². The SMILES string of the molecule is CCc1noc(-c2ccc(-c3ccc(C4(C(=O)O)CC4)cc3)cc2)c1NC(=O)OCCc1ccccc1. The van der Waals surface area contributed by atoms with Crippen molar-refractivity contribution in [2.45, 2.75) is 38.0 Å². The van der Waals surface area contributed by atoms with E-state index in [1.165, 1.54) is 0 Å². The van der Waals surface area contributed by atoms with Crippen LogP contribution in [0.3, 0.4) is 0 Å². The van der Waals surface area contributed by atoms with Crippen LogP contribution in [0, 0.1) is 0 Å². The van der Waals surface area contributed by atoms with Gasteiger partial charge >= 0.3 is 12.1 Å². The van der Waals surface area contributed by atoms with Crippen molar-refractivity contribution in [3.05, 3.63) is 95.7 Å². The molecule has 3 aromatic carbocycles. The topological polar surface area (TPSA) is 102 Å². The molecule has 0 bridgehead atoms. The van der Waals surface area contributed by atoms with Crippen molar-refractivity contribution in [3.63, 3.8) is 0 Å². The van der Waals surface area contributed by atoms with Crippen molar-refractivity contribution in [1.82, 2.24) is 5.16 Å². The summed E-state index contributed by atoms with van der Waals surface area (Å²) in [4.78, 5) is 24.1. The van der Waals surface area contributed by atoms with Gasteiger partial charge in [0.15, 0.2) is 5.76 Å². The normalized spacial score (nSPS) is 13.6. The van der Waals surface area contributed by atoms with Crippen molar-refractivity contribution >= 4 is 17.7 Å². The third kappa shape index (κ3) is 5.11. The van der Waals surface area contributed by atoms with E-state index in [1.54, 1.807) is 0 Å². The summed E-state index contributed by atoms with van der Waals surface area (Å²) in [6.07, 6.45) is 2.03. The molecule has 1 saturated carbocycles. The minimum absolute atomic E-state index is 0.263. The largest absolute Gasteiger partial charge is 0.481 e. The second-order valence-electron chi connectivity index (χ2n) is 9.23. The van der Waals surface area contributed by atoms with E-state index in [4.69, 9.17) is 9.26 Å². The number of ether oxygens (including phenoxy) is 1. The quantitative estimate of drug-likeness (QED) is 0.275. The molecule has 0 radical (unpaired) electrons. The fourth-order valence-corrected chi connectivity index (χ4v) is 4.48. The summed E-state index contributed by atoms with van der Waals surface area (Å²) in [5.41, 5.74) is 5.13. The molecule has 2 N–H and O–H groups in total. The van der Waals surface area contributed by atoms with Gasteiger partial charge in [0.1, 0.15) is 11.4 Å². The smallest absolute Gasteiger partial charge is 0.411 e. The minimum Gasteiger partial charge on any atom is -0.481 e. The molecule has 0 atom stereocenters. The van der Waals surface area contributed by atoms with Crippen LogP contribution >= 0.6 is 0 Å². The molecule has 0 unspecified atom stereocenters. The van der Waals surface area contributed by atoms with E-state index >= 15 is 0 Å². The number of carboxylic acids is 1. The zero-order valence-corrected chi connectivity index (χ0v) is 20.6. The summed E-state index contributed by atoms with van der Waals surface area (Å²) in [6.45, 7) is 2.20. The number of carbonyl (C=O) groups is 2. The van der Waals surface area contributed by atoms with Gasteiger partial charge in [-0.3, -0.25) is 10.1 Å². The lowest BCUT2D eigenvalue weighted by atomic mass is 9.93. The molecule has 1 heterocycles. The summed E-state index contributed by atoms with van der Waals surface area (Å²) in [5.74, 6) is -0.288. The highest BCUT2D eigenvalue weighted by Crippen LogP contribution is 2.48. The Morgan fingerprint density at radius 3 is 2.16 bits per heavy atom. The summed E-state index contributed by atoms with van der Waals surface area (Å²) < 4.78 is 11.0. The van der Waals surface area contributed by atoms with E-state index in [2.05, 4.69) is 10.5 Å². The molecule has 4 aromatic rings. The number of aryl methyl sites for hydroxylation is 1. The molecule has 0 spiro atoms. The first-order valence-corrected chi connectivity index (χ1v) is 12.4. The van der Waals surface area contributed by atoms with E-state index in [0.29, 0.717) is 42.8 Å². The second-order valence-corrected chi connectivity index (χ2v) is 9.23. The number of carbonyl (C=O) groups excluding carboxylic acids is 1. The van der Waals surface area contributed by atoms with Gasteiger partial charge in [0.25, 0.3) is 0 Å². The van der Waals surface area contributed by atoms with Gasteiger partial charge < -0.3 is 14.4 Å². The Kier molecular flexibility index (Phi) is 6.77. The fourth-order valence-electron chi connectivity index (χ4n) is 4.48. The lowest BCUT2D eigenvalue weighted by molar-refractivity contribution is -0.140. The van der Waals surface area contributed by atoms with Gasteiger partial charge in [-0.25, -0.2) is 4.79 Å². The number of rotatable bonds is 9. The highest BCUT2D eigenvalue weighted by Gasteiger charge is 2.51. The van der Waals surface area contributed by atoms with Gasteiger partial charge in [-0.1, -0.05) is 90.9 Å². The van der Waals surface area contributed by atoms with Crippen LogP contribution in [0.5, 0.6) is 0 Å². The number of aliphatic carboxylic acids is 1. The second kappa shape index (κ2) is 10.3. The lowest BCUT2D eigenvalue weighted by Crippen LogP contribution is -2.19. The van der Waals surface area contributed by atoms with Crippen LogP contribution in [0.4, 0.5) is 10.5 Å². The number of carboxylic acid groups (broad SMARTS) is 1. The third-order valence-electron chi connectivity index (χ3n) is 6.87. The van der Waals surface area contributed by atoms with Crippen LogP contribution in [0.1, 0.15) is 36.6 Å². The first-order chi connectivity index (χ1) is 18.0. The molecule has 7 nitrogen and oxygen atoms in total. The fraction of sp³-hybridized carbons (Fsp3) is 0.233. The Bertz CT molecular complexity index is 1390. The molecular weight excluding hydrogens is 468 g/mol. The molecule has 1 fully saturated rings. The Hall–Kier alpha value is -4.39. The Labute approximate surface area is 215 Å². The van der Waals surface area contributed by atoms with Gasteiger partial charge in [-0.15, -0.1) is 0 Å². The molecule has 37 heavy (non-hydrogen) atoms. The van der Waals surface area contributed by atoms with Crippen molar-refractivity contribution in [3.8, 4) is 22.5 Å². The average molecular weight is 497 g/mol. The molecule has 1 aliphatic carbocycles. The van der Waals surface area contributed by atoms with Crippen LogP contribution in [0.2, 0.25) is 0 Å². The monoisotopic (exact) mass is 496 g/mol. The van der Waals surface area contributed by atoms with Gasteiger partial charge in [-0.05, 0) is 41.5 Å². The van der Waals surface area contributed by atoms with Gasteiger partial charge in [-0.2, -0.15) is 0 Å². The molecule has 1 aliphatic rings. The Balaban J connectivity index is 1.27. The predicted molar refractivity (Wildman–Crippen MR) is 140 cm³/mol. The number of hydrogen-bond donors (Lipinski definition) is 2. The molecule has 7 heteroatoms. The molecule has 188 valence electrons. The number of nitrogens with one attached hydrogen (secondary N) is 1. The molecule has 0 aliphatic heterocycles. The maximum Gasteiger partial charge on any atom is 0.411 e. The van der Waals surface area contributed by atoms with E-state index in [1.807, 2.05) is 85.8 Å². The first-order valence-electron chi connectivity index (χ1n) is 12.4. The van der Waals surface area contributed by atoms with Crippen molar-refractivity contribution in [1.29, 1.82) is 0 Å². The molecule has 0 saturated heterocycles. The van der Waals surface area contributed by atoms with Gasteiger partial charge in [0.2, 0.25) is 0 Å². The standard InChI is InChI=1S/C30H28N2O5/c1-2-25-26(31-29(35)36-19-16-20-6-4-3-5-7-20)27(37-32-25)23-10-8-21(9-11-23)22-12-14-24(15-13-22)30(17-18-30)28(33)34/h3-15H,2,16-19H2,1H3,(H,31,35)(H,33,34). The molecule has 1 aromatic heterocycles. The molecule has 1 amide bonds. The van der Waals surface area contributed by atoms with E-state index in [9.17, 15) is 14.7 Å². The van der Waals surface area contributed by atoms with Crippen LogP contribution in [0.15, 0.2) is 83.4 Å². The summed E-state index contributed by atoms with van der Waals surface area (Å²) in [7, 11) is 0. The maximum atomic E-state index is 12.5. The summed E-state index contributed by atoms with van der Waals surface area (Å²) >= 11 is 0. The van der Waals surface area contributed by atoms with Gasteiger partial charge in [0, 0.05) is 12.0 Å². The van der Waals surface area contributed by atoms with Crippen LogP contribution in [-0.4, -0.2) is 28.9 Å². The number of amides is 1. The number of anilines is 1. The van der Waals surface area contributed by atoms with E-state index in [-0.39, 0.29) is 6.61 Å². The number of nitrogens with zero attached hydrogens (tertiary/aromatic N) is 1. The maximum absolute atomic E-state index is 12.5. The number of aromatic nitrogens is 1. The van der Waals surface area contributed by atoms with Gasteiger partial charge in [0.05, 0.1) is 12.0 Å². The summed E-state index contributed by atoms with van der Waals surface area (Å²) in [6, 6.07) is 25.3. The predicted octanol–water partition coefficient (Wildman–Crippen LogP) is 6.48. The number of benzene rings is 3.